The normalized spacial score (nSPS) is 15.4. The van der Waals surface area contributed by atoms with Crippen molar-refractivity contribution >= 4 is 47.2 Å². The van der Waals surface area contributed by atoms with Crippen molar-refractivity contribution in [1.82, 2.24) is 5.32 Å². The number of hydrogen-bond acceptors (Lipinski definition) is 5. The molecule has 0 saturated carbocycles. The number of aliphatic carboxylic acids is 1. The third-order valence-electron chi connectivity index (χ3n) is 4.47. The molecule has 0 atom stereocenters. The van der Waals surface area contributed by atoms with Gasteiger partial charge in [-0.1, -0.05) is 23.7 Å². The van der Waals surface area contributed by atoms with Crippen molar-refractivity contribution in [3.63, 3.8) is 0 Å². The summed E-state index contributed by atoms with van der Waals surface area (Å²) in [4.78, 5) is 49.0. The zero-order valence-electron chi connectivity index (χ0n) is 16.1. The molecular weight excluding hydrogens is 412 g/mol. The standard InChI is InChI=1S/C21H17ClN2O6/c1-11-3-5-14(7-12(11)2)24-20(28)15(19(27)23-21(24)29)8-13-4-6-17(16(22)9-13)30-10-18(25)26/h3-9H,10H2,1-2H3,(H,25,26)(H,23,27,29). The highest BCUT2D eigenvalue weighted by molar-refractivity contribution is 6.39. The van der Waals surface area contributed by atoms with Gasteiger partial charge in [0.05, 0.1) is 10.7 Å². The quantitative estimate of drug-likeness (QED) is 0.559. The molecule has 0 unspecified atom stereocenters. The first kappa shape index (κ1) is 21.1. The van der Waals surface area contributed by atoms with Crippen molar-refractivity contribution in [2.24, 2.45) is 0 Å². The van der Waals surface area contributed by atoms with Gasteiger partial charge in [0.1, 0.15) is 11.3 Å². The fraction of sp³-hybridized carbons (Fsp3) is 0.143. The highest BCUT2D eigenvalue weighted by Crippen LogP contribution is 2.28. The van der Waals surface area contributed by atoms with E-state index in [1.54, 1.807) is 18.2 Å². The summed E-state index contributed by atoms with van der Waals surface area (Å²) >= 11 is 6.09. The minimum atomic E-state index is -1.15. The lowest BCUT2D eigenvalue weighted by Crippen LogP contribution is -2.54. The van der Waals surface area contributed by atoms with Crippen molar-refractivity contribution < 1.29 is 29.0 Å². The summed E-state index contributed by atoms with van der Waals surface area (Å²) in [6.07, 6.45) is 1.30. The molecule has 1 aliphatic rings. The maximum Gasteiger partial charge on any atom is 0.341 e. The van der Waals surface area contributed by atoms with Crippen LogP contribution in [0.4, 0.5) is 10.5 Å². The van der Waals surface area contributed by atoms with E-state index in [0.717, 1.165) is 16.0 Å². The first-order chi connectivity index (χ1) is 14.2. The molecule has 2 aromatic carbocycles. The summed E-state index contributed by atoms with van der Waals surface area (Å²) in [5.74, 6) is -2.60. The first-order valence-corrected chi connectivity index (χ1v) is 9.18. The lowest BCUT2D eigenvalue weighted by atomic mass is 10.0. The zero-order chi connectivity index (χ0) is 22.0. The van der Waals surface area contributed by atoms with Crippen LogP contribution in [0.1, 0.15) is 16.7 Å². The summed E-state index contributed by atoms with van der Waals surface area (Å²) in [7, 11) is 0. The molecule has 8 nitrogen and oxygen atoms in total. The predicted octanol–water partition coefficient (Wildman–Crippen LogP) is 3.09. The third-order valence-corrected chi connectivity index (χ3v) is 4.76. The maximum atomic E-state index is 12.9. The number of hydrogen-bond donors (Lipinski definition) is 2. The van der Waals surface area contributed by atoms with Gasteiger partial charge in [-0.3, -0.25) is 14.9 Å². The number of nitrogens with zero attached hydrogens (tertiary/aromatic N) is 1. The van der Waals surface area contributed by atoms with Crippen LogP contribution >= 0.6 is 11.6 Å². The van der Waals surface area contributed by atoms with E-state index in [2.05, 4.69) is 5.32 Å². The molecule has 1 heterocycles. The number of carbonyl (C=O) groups is 4. The maximum absolute atomic E-state index is 12.9. The molecule has 1 saturated heterocycles. The van der Waals surface area contributed by atoms with Crippen molar-refractivity contribution in [2.75, 3.05) is 11.5 Å². The molecule has 2 aromatic rings. The largest absolute Gasteiger partial charge is 0.480 e. The number of aryl methyl sites for hydroxylation is 2. The number of rotatable bonds is 5. The van der Waals surface area contributed by atoms with Gasteiger partial charge in [-0.25, -0.2) is 14.5 Å². The van der Waals surface area contributed by atoms with Crippen LogP contribution in [0.15, 0.2) is 42.0 Å². The number of carbonyl (C=O) groups excluding carboxylic acids is 3. The van der Waals surface area contributed by atoms with Crippen LogP contribution in [0.3, 0.4) is 0 Å². The van der Waals surface area contributed by atoms with Gasteiger partial charge in [-0.05, 0) is 60.9 Å². The fourth-order valence-electron chi connectivity index (χ4n) is 2.79. The Labute approximate surface area is 176 Å². The Morgan fingerprint density at radius 1 is 1.13 bits per heavy atom. The highest BCUT2D eigenvalue weighted by Gasteiger charge is 2.36. The first-order valence-electron chi connectivity index (χ1n) is 8.80. The monoisotopic (exact) mass is 428 g/mol. The molecule has 1 aliphatic heterocycles. The van der Waals surface area contributed by atoms with E-state index >= 15 is 0 Å². The fourth-order valence-corrected chi connectivity index (χ4v) is 3.03. The van der Waals surface area contributed by atoms with E-state index in [0.29, 0.717) is 11.3 Å². The molecular formula is C21H17ClN2O6. The number of halogens is 1. The Hall–Kier alpha value is -3.65. The second-order valence-corrected chi connectivity index (χ2v) is 7.01. The number of imide groups is 2. The number of carboxylic acid groups (broad SMARTS) is 1. The Bertz CT molecular complexity index is 1110. The van der Waals surface area contributed by atoms with Crippen LogP contribution in [-0.2, 0) is 14.4 Å². The lowest BCUT2D eigenvalue weighted by molar-refractivity contribution is -0.139. The Kier molecular flexibility index (Phi) is 5.89. The summed E-state index contributed by atoms with van der Waals surface area (Å²) in [5, 5.41) is 10.9. The molecule has 0 spiro atoms. The van der Waals surface area contributed by atoms with Crippen LogP contribution in [-0.4, -0.2) is 35.5 Å². The summed E-state index contributed by atoms with van der Waals surface area (Å²) in [5.41, 5.74) is 2.38. The third kappa shape index (κ3) is 4.33. The second kappa shape index (κ2) is 8.38. The predicted molar refractivity (Wildman–Crippen MR) is 110 cm³/mol. The number of nitrogens with one attached hydrogen (secondary N) is 1. The van der Waals surface area contributed by atoms with Gasteiger partial charge in [0.2, 0.25) is 0 Å². The van der Waals surface area contributed by atoms with E-state index in [9.17, 15) is 19.2 Å². The molecule has 154 valence electrons. The van der Waals surface area contributed by atoms with Crippen LogP contribution < -0.4 is 15.0 Å². The average molecular weight is 429 g/mol. The van der Waals surface area contributed by atoms with Crippen LogP contribution in [0.5, 0.6) is 5.75 Å². The van der Waals surface area contributed by atoms with E-state index in [4.69, 9.17) is 21.4 Å². The topological polar surface area (TPSA) is 113 Å². The summed E-state index contributed by atoms with van der Waals surface area (Å²) in [6.45, 7) is 3.19. The van der Waals surface area contributed by atoms with Gasteiger partial charge in [0.15, 0.2) is 6.61 Å². The van der Waals surface area contributed by atoms with E-state index in [1.165, 1.54) is 24.3 Å². The minimum absolute atomic E-state index is 0.108. The average Bonchev–Trinajstić information content (AvgIpc) is 2.67. The van der Waals surface area contributed by atoms with Crippen LogP contribution in [0.2, 0.25) is 5.02 Å². The molecule has 0 aliphatic carbocycles. The highest BCUT2D eigenvalue weighted by atomic mass is 35.5. The number of urea groups is 1. The van der Waals surface area contributed by atoms with Gasteiger partial charge >= 0.3 is 12.0 Å². The van der Waals surface area contributed by atoms with E-state index < -0.39 is 30.4 Å². The summed E-state index contributed by atoms with van der Waals surface area (Å²) < 4.78 is 5.04. The van der Waals surface area contributed by atoms with Gasteiger partial charge in [-0.15, -0.1) is 0 Å². The molecule has 0 radical (unpaired) electrons. The number of barbiturate groups is 1. The van der Waals surface area contributed by atoms with Crippen molar-refractivity contribution in [2.45, 2.75) is 13.8 Å². The molecule has 0 aromatic heterocycles. The van der Waals surface area contributed by atoms with Crippen molar-refractivity contribution in [1.29, 1.82) is 0 Å². The van der Waals surface area contributed by atoms with Gasteiger partial charge in [0.25, 0.3) is 11.8 Å². The van der Waals surface area contributed by atoms with Gasteiger partial charge < -0.3 is 9.84 Å². The number of benzene rings is 2. The van der Waals surface area contributed by atoms with E-state index in [-0.39, 0.29) is 16.3 Å². The minimum Gasteiger partial charge on any atom is -0.480 e. The SMILES string of the molecule is Cc1ccc(N2C(=O)NC(=O)C(=Cc3ccc(OCC(=O)O)c(Cl)c3)C2=O)cc1C. The van der Waals surface area contributed by atoms with Crippen LogP contribution in [0.25, 0.3) is 6.08 Å². The Morgan fingerprint density at radius 3 is 2.50 bits per heavy atom. The second-order valence-electron chi connectivity index (χ2n) is 6.60. The number of anilines is 1. The lowest BCUT2D eigenvalue weighted by Gasteiger charge is -2.26. The Morgan fingerprint density at radius 2 is 1.87 bits per heavy atom. The van der Waals surface area contributed by atoms with Gasteiger partial charge in [-0.2, -0.15) is 0 Å². The zero-order valence-corrected chi connectivity index (χ0v) is 16.8. The Balaban J connectivity index is 1.93. The number of ether oxygens (including phenoxy) is 1. The van der Waals surface area contributed by atoms with Crippen molar-refractivity contribution in [3.8, 4) is 5.75 Å². The van der Waals surface area contributed by atoms with Gasteiger partial charge in [0, 0.05) is 0 Å². The summed E-state index contributed by atoms with van der Waals surface area (Å²) in [6, 6.07) is 8.61. The number of carboxylic acids is 1. The molecule has 30 heavy (non-hydrogen) atoms. The molecule has 2 N–H and O–H groups in total. The smallest absolute Gasteiger partial charge is 0.341 e. The molecule has 9 heteroatoms. The molecule has 0 bridgehead atoms. The number of amides is 4. The van der Waals surface area contributed by atoms with E-state index in [1.807, 2.05) is 13.8 Å². The molecule has 4 amide bonds. The van der Waals surface area contributed by atoms with Crippen LogP contribution in [0, 0.1) is 13.8 Å². The van der Waals surface area contributed by atoms with Crippen molar-refractivity contribution in [3.05, 3.63) is 63.7 Å². The molecule has 1 fully saturated rings. The molecule has 3 rings (SSSR count).